The number of rotatable bonds is 10. The zero-order valence-corrected chi connectivity index (χ0v) is 20.7. The number of carbonyl (C=O) groups is 2. The Hall–Kier alpha value is -3.45. The molecule has 1 aliphatic rings. The second-order valence-electron chi connectivity index (χ2n) is 8.49. The number of aromatic nitrogens is 2. The summed E-state index contributed by atoms with van der Waals surface area (Å²) in [5, 5.41) is 6.05. The van der Waals surface area contributed by atoms with Gasteiger partial charge in [0, 0.05) is 43.1 Å². The SMILES string of the molecule is CC(C)CCNc1nc(Nc2cc(OS(C)(=O)=O)cc(C(=O)N3CCOCC3)c2)ncc1C(N)=O. The first-order valence-electron chi connectivity index (χ1n) is 11.1. The minimum Gasteiger partial charge on any atom is -0.383 e. The smallest absolute Gasteiger partial charge is 0.306 e. The number of nitrogens with two attached hydrogens (primary N) is 1. The van der Waals surface area contributed by atoms with Crippen molar-refractivity contribution in [3.63, 3.8) is 0 Å². The molecule has 0 radical (unpaired) electrons. The first-order valence-corrected chi connectivity index (χ1v) is 12.9. The van der Waals surface area contributed by atoms with Gasteiger partial charge in [-0.15, -0.1) is 0 Å². The molecule has 0 saturated carbocycles. The summed E-state index contributed by atoms with van der Waals surface area (Å²) in [5.74, 6) is -0.189. The number of hydrogen-bond donors (Lipinski definition) is 3. The Morgan fingerprint density at radius 1 is 1.23 bits per heavy atom. The van der Waals surface area contributed by atoms with E-state index in [0.29, 0.717) is 44.5 Å². The number of hydrogen-bond acceptors (Lipinski definition) is 10. The molecule has 1 saturated heterocycles. The van der Waals surface area contributed by atoms with E-state index in [0.717, 1.165) is 12.7 Å². The van der Waals surface area contributed by atoms with Crippen molar-refractivity contribution >= 4 is 39.4 Å². The van der Waals surface area contributed by atoms with E-state index in [1.165, 1.54) is 18.3 Å². The molecule has 190 valence electrons. The summed E-state index contributed by atoms with van der Waals surface area (Å²) in [7, 11) is -3.84. The molecule has 0 atom stereocenters. The molecule has 0 aliphatic carbocycles. The Bertz CT molecular complexity index is 1180. The molecule has 1 aromatic carbocycles. The Labute approximate surface area is 204 Å². The van der Waals surface area contributed by atoms with Crippen molar-refractivity contribution in [1.29, 1.82) is 0 Å². The van der Waals surface area contributed by atoms with Gasteiger partial charge in [-0.1, -0.05) is 13.8 Å². The average molecular weight is 507 g/mol. The number of carbonyl (C=O) groups excluding carboxylic acids is 2. The zero-order valence-electron chi connectivity index (χ0n) is 19.9. The van der Waals surface area contributed by atoms with E-state index in [9.17, 15) is 18.0 Å². The van der Waals surface area contributed by atoms with Crippen LogP contribution < -0.4 is 20.6 Å². The van der Waals surface area contributed by atoms with Gasteiger partial charge in [0.15, 0.2) is 0 Å². The van der Waals surface area contributed by atoms with Crippen LogP contribution in [0.25, 0.3) is 0 Å². The number of amides is 2. The summed E-state index contributed by atoms with van der Waals surface area (Å²) >= 11 is 0. The predicted molar refractivity (Wildman–Crippen MR) is 130 cm³/mol. The van der Waals surface area contributed by atoms with Gasteiger partial charge in [-0.05, 0) is 24.5 Å². The standard InChI is InChI=1S/C22H30N6O6S/c1-14(2)4-5-24-20-18(19(23)29)13-25-22(27-20)26-16-10-15(11-17(12-16)34-35(3,31)32)21(30)28-6-8-33-9-7-28/h10-14H,4-9H2,1-3H3,(H2,23,29)(H2,24,25,26,27). The number of benzene rings is 1. The highest BCUT2D eigenvalue weighted by Crippen LogP contribution is 2.26. The second-order valence-corrected chi connectivity index (χ2v) is 10.1. The van der Waals surface area contributed by atoms with E-state index in [-0.39, 0.29) is 34.5 Å². The fourth-order valence-electron chi connectivity index (χ4n) is 3.33. The third-order valence-corrected chi connectivity index (χ3v) is 5.52. The molecule has 1 aromatic heterocycles. The van der Waals surface area contributed by atoms with Gasteiger partial charge in [-0.2, -0.15) is 13.4 Å². The van der Waals surface area contributed by atoms with Crippen molar-refractivity contribution in [2.45, 2.75) is 20.3 Å². The number of nitrogens with zero attached hydrogens (tertiary/aromatic N) is 3. The van der Waals surface area contributed by atoms with E-state index in [1.807, 2.05) is 0 Å². The van der Waals surface area contributed by atoms with Gasteiger partial charge >= 0.3 is 10.1 Å². The normalized spacial score (nSPS) is 14.0. The van der Waals surface area contributed by atoms with E-state index in [2.05, 4.69) is 34.4 Å². The Morgan fingerprint density at radius 3 is 2.57 bits per heavy atom. The molecule has 2 aromatic rings. The summed E-state index contributed by atoms with van der Waals surface area (Å²) in [6.07, 6.45) is 3.06. The van der Waals surface area contributed by atoms with E-state index in [4.69, 9.17) is 14.7 Å². The zero-order chi connectivity index (χ0) is 25.6. The molecule has 3 rings (SSSR count). The van der Waals surface area contributed by atoms with Crippen LogP contribution in [0.2, 0.25) is 0 Å². The van der Waals surface area contributed by atoms with E-state index in [1.54, 1.807) is 11.0 Å². The monoisotopic (exact) mass is 506 g/mol. The molecular weight excluding hydrogens is 476 g/mol. The van der Waals surface area contributed by atoms with Crippen LogP contribution in [0.1, 0.15) is 41.0 Å². The largest absolute Gasteiger partial charge is 0.383 e. The minimum atomic E-state index is -3.84. The number of primary amides is 1. The highest BCUT2D eigenvalue weighted by Gasteiger charge is 2.21. The maximum Gasteiger partial charge on any atom is 0.306 e. The van der Waals surface area contributed by atoms with Gasteiger partial charge in [0.2, 0.25) is 5.95 Å². The van der Waals surface area contributed by atoms with Crippen molar-refractivity contribution in [2.75, 3.05) is 49.7 Å². The van der Waals surface area contributed by atoms with Crippen LogP contribution in [0.3, 0.4) is 0 Å². The van der Waals surface area contributed by atoms with Crippen LogP contribution in [0.5, 0.6) is 5.75 Å². The summed E-state index contributed by atoms with van der Waals surface area (Å²) in [5.41, 5.74) is 6.13. The molecule has 35 heavy (non-hydrogen) atoms. The fourth-order valence-corrected chi connectivity index (χ4v) is 3.78. The van der Waals surface area contributed by atoms with Crippen LogP contribution in [0.4, 0.5) is 17.5 Å². The number of anilines is 3. The molecule has 0 bridgehead atoms. The summed E-state index contributed by atoms with van der Waals surface area (Å²) in [6.45, 7) is 6.40. The van der Waals surface area contributed by atoms with Crippen molar-refractivity contribution in [3.05, 3.63) is 35.5 Å². The Morgan fingerprint density at radius 2 is 1.94 bits per heavy atom. The maximum atomic E-state index is 13.0. The molecule has 2 heterocycles. The molecule has 12 nitrogen and oxygen atoms in total. The summed E-state index contributed by atoms with van der Waals surface area (Å²) < 4.78 is 33.8. The number of nitrogens with one attached hydrogen (secondary N) is 2. The van der Waals surface area contributed by atoms with Crippen molar-refractivity contribution in [2.24, 2.45) is 11.7 Å². The number of morpholine rings is 1. The highest BCUT2D eigenvalue weighted by molar-refractivity contribution is 7.86. The first-order chi connectivity index (χ1) is 16.5. The lowest BCUT2D eigenvalue weighted by Crippen LogP contribution is -2.40. The first kappa shape index (κ1) is 26.2. The van der Waals surface area contributed by atoms with Crippen LogP contribution in [0.15, 0.2) is 24.4 Å². The van der Waals surface area contributed by atoms with Gasteiger partial charge in [-0.25, -0.2) is 4.98 Å². The predicted octanol–water partition coefficient (Wildman–Crippen LogP) is 1.59. The van der Waals surface area contributed by atoms with Crippen LogP contribution >= 0.6 is 0 Å². The molecule has 1 fully saturated rings. The van der Waals surface area contributed by atoms with Crippen molar-refractivity contribution in [3.8, 4) is 5.75 Å². The third-order valence-electron chi connectivity index (χ3n) is 5.02. The summed E-state index contributed by atoms with van der Waals surface area (Å²) in [6, 6.07) is 4.32. The molecule has 4 N–H and O–H groups in total. The quantitative estimate of drug-likeness (QED) is 0.403. The molecule has 0 spiro atoms. The molecule has 0 unspecified atom stereocenters. The van der Waals surface area contributed by atoms with Crippen molar-refractivity contribution < 1.29 is 26.9 Å². The highest BCUT2D eigenvalue weighted by atomic mass is 32.2. The molecule has 1 aliphatic heterocycles. The van der Waals surface area contributed by atoms with Gasteiger partial charge in [0.25, 0.3) is 11.8 Å². The van der Waals surface area contributed by atoms with Crippen LogP contribution in [0, 0.1) is 5.92 Å². The lowest BCUT2D eigenvalue weighted by Gasteiger charge is -2.27. The number of ether oxygens (including phenoxy) is 1. The molecule has 2 amide bonds. The Balaban J connectivity index is 1.91. The summed E-state index contributed by atoms with van der Waals surface area (Å²) in [4.78, 5) is 34.9. The van der Waals surface area contributed by atoms with Gasteiger partial charge < -0.3 is 30.2 Å². The topological polar surface area (TPSA) is 166 Å². The van der Waals surface area contributed by atoms with Gasteiger partial charge in [0.1, 0.15) is 11.6 Å². The average Bonchev–Trinajstić information content (AvgIpc) is 2.77. The molecular formula is C22H30N6O6S. The van der Waals surface area contributed by atoms with Gasteiger partial charge in [-0.3, -0.25) is 9.59 Å². The molecule has 13 heteroatoms. The Kier molecular flexibility index (Phi) is 8.46. The van der Waals surface area contributed by atoms with Crippen LogP contribution in [-0.2, 0) is 14.9 Å². The maximum absolute atomic E-state index is 13.0. The van der Waals surface area contributed by atoms with Crippen LogP contribution in [-0.4, -0.2) is 74.2 Å². The second kappa shape index (κ2) is 11.3. The minimum absolute atomic E-state index is 0.0434. The fraction of sp³-hybridized carbons (Fsp3) is 0.455. The lowest BCUT2D eigenvalue weighted by molar-refractivity contribution is 0.0303. The van der Waals surface area contributed by atoms with E-state index >= 15 is 0 Å². The van der Waals surface area contributed by atoms with Crippen molar-refractivity contribution in [1.82, 2.24) is 14.9 Å². The van der Waals surface area contributed by atoms with E-state index < -0.39 is 16.0 Å². The van der Waals surface area contributed by atoms with Gasteiger partial charge in [0.05, 0.1) is 25.0 Å². The third kappa shape index (κ3) is 7.79. The lowest BCUT2D eigenvalue weighted by atomic mass is 10.1.